The van der Waals surface area contributed by atoms with E-state index < -0.39 is 0 Å². The molecule has 3 N–H and O–H groups in total. The van der Waals surface area contributed by atoms with Gasteiger partial charge in [-0.3, -0.25) is 19.3 Å². The van der Waals surface area contributed by atoms with Gasteiger partial charge in [-0.1, -0.05) is 12.1 Å². The third-order valence-electron chi connectivity index (χ3n) is 4.63. The Morgan fingerprint density at radius 1 is 0.933 bits per heavy atom. The Morgan fingerprint density at radius 3 is 2.13 bits per heavy atom. The molecule has 0 radical (unpaired) electrons. The summed E-state index contributed by atoms with van der Waals surface area (Å²) in [6.07, 6.45) is 0.903. The maximum atomic E-state index is 12.3. The largest absolute Gasteiger partial charge is 0.395 e. The van der Waals surface area contributed by atoms with Crippen molar-refractivity contribution in [1.29, 1.82) is 0 Å². The van der Waals surface area contributed by atoms with Crippen molar-refractivity contribution in [2.75, 3.05) is 39.4 Å². The molecule has 7 nitrogen and oxygen atoms in total. The van der Waals surface area contributed by atoms with Crippen molar-refractivity contribution in [3.8, 4) is 0 Å². The highest BCUT2D eigenvalue weighted by molar-refractivity contribution is 7.16. The number of amides is 1. The third-order valence-corrected chi connectivity index (χ3v) is 5.86. The van der Waals surface area contributed by atoms with Crippen molar-refractivity contribution >= 4 is 28.8 Å². The predicted molar refractivity (Wildman–Crippen MR) is 116 cm³/mol. The van der Waals surface area contributed by atoms with E-state index in [0.717, 1.165) is 5.56 Å². The van der Waals surface area contributed by atoms with E-state index in [2.05, 4.69) is 5.32 Å². The van der Waals surface area contributed by atoms with Crippen molar-refractivity contribution in [3.05, 3.63) is 57.3 Å². The minimum atomic E-state index is -0.194. The number of Topliss-reactive ketones (excluding diaryl/α,β-unsaturated/α-hetero) is 2. The Balaban J connectivity index is 1.80. The summed E-state index contributed by atoms with van der Waals surface area (Å²) in [7, 11) is 0. The molecule has 8 heteroatoms. The second-order valence-corrected chi connectivity index (χ2v) is 7.97. The van der Waals surface area contributed by atoms with Gasteiger partial charge in [0.25, 0.3) is 5.91 Å². The maximum absolute atomic E-state index is 12.3. The first-order valence-electron chi connectivity index (χ1n) is 9.89. The smallest absolute Gasteiger partial charge is 0.251 e. The van der Waals surface area contributed by atoms with Gasteiger partial charge in [0.2, 0.25) is 0 Å². The van der Waals surface area contributed by atoms with Gasteiger partial charge in [0.15, 0.2) is 11.6 Å². The lowest BCUT2D eigenvalue weighted by Gasteiger charge is -2.20. The Morgan fingerprint density at radius 2 is 1.57 bits per heavy atom. The van der Waals surface area contributed by atoms with E-state index in [1.54, 1.807) is 24.3 Å². The molecule has 1 aromatic carbocycles. The number of benzene rings is 1. The molecule has 0 aliphatic rings. The number of nitrogens with one attached hydrogen (secondary N) is 1. The van der Waals surface area contributed by atoms with Crippen molar-refractivity contribution in [2.24, 2.45) is 0 Å². The zero-order valence-electron chi connectivity index (χ0n) is 17.1. The normalized spacial score (nSPS) is 10.9. The molecule has 0 bridgehead atoms. The Hall–Kier alpha value is -2.39. The number of nitrogens with zero attached hydrogens (tertiary/aromatic N) is 1. The Kier molecular flexibility index (Phi) is 9.82. The second-order valence-electron chi connectivity index (χ2n) is 6.88. The maximum Gasteiger partial charge on any atom is 0.251 e. The molecule has 0 aliphatic heterocycles. The molecule has 30 heavy (non-hydrogen) atoms. The van der Waals surface area contributed by atoms with Crippen LogP contribution in [0.5, 0.6) is 0 Å². The highest BCUT2D eigenvalue weighted by atomic mass is 32.1. The van der Waals surface area contributed by atoms with Gasteiger partial charge >= 0.3 is 0 Å². The molecule has 162 valence electrons. The monoisotopic (exact) mass is 432 g/mol. The average Bonchev–Trinajstić information content (AvgIpc) is 3.23. The number of carbonyl (C=O) groups excluding carboxylic acids is 3. The number of carbonyl (C=O) groups is 3. The SMILES string of the molecule is CC(=O)c1ccc(C(=O)CCc2ccc(C(=O)NCCN(CCO)CCO)cc2)s1. The molecule has 0 fully saturated rings. The van der Waals surface area contributed by atoms with Gasteiger partial charge in [-0.2, -0.15) is 0 Å². The lowest BCUT2D eigenvalue weighted by molar-refractivity contribution is 0.0941. The van der Waals surface area contributed by atoms with E-state index in [-0.39, 0.29) is 30.7 Å². The molecule has 0 aliphatic carbocycles. The number of aryl methyl sites for hydroxylation is 1. The fourth-order valence-corrected chi connectivity index (χ4v) is 3.80. The van der Waals surface area contributed by atoms with E-state index >= 15 is 0 Å². The predicted octanol–water partition coefficient (Wildman–Crippen LogP) is 1.78. The highest BCUT2D eigenvalue weighted by Gasteiger charge is 2.12. The molecular weight excluding hydrogens is 404 g/mol. The van der Waals surface area contributed by atoms with Crippen LogP contribution in [0.3, 0.4) is 0 Å². The summed E-state index contributed by atoms with van der Waals surface area (Å²) in [6, 6.07) is 10.5. The first-order valence-corrected chi connectivity index (χ1v) is 10.7. The molecular formula is C22H28N2O5S. The van der Waals surface area contributed by atoms with Gasteiger partial charge < -0.3 is 15.5 Å². The molecule has 0 saturated heterocycles. The summed E-state index contributed by atoms with van der Waals surface area (Å²) >= 11 is 1.22. The summed E-state index contributed by atoms with van der Waals surface area (Å²) in [4.78, 5) is 38.9. The Bertz CT molecular complexity index is 841. The lowest BCUT2D eigenvalue weighted by atomic mass is 10.0. The molecule has 2 rings (SSSR count). The first-order chi connectivity index (χ1) is 14.4. The van der Waals surface area contributed by atoms with E-state index in [4.69, 9.17) is 10.2 Å². The van der Waals surface area contributed by atoms with Gasteiger partial charge in [-0.05, 0) is 43.2 Å². The summed E-state index contributed by atoms with van der Waals surface area (Å²) in [5.41, 5.74) is 1.49. The van der Waals surface area contributed by atoms with Gasteiger partial charge in [0, 0.05) is 38.2 Å². The van der Waals surface area contributed by atoms with Crippen LogP contribution < -0.4 is 5.32 Å². The molecule has 0 spiro atoms. The van der Waals surface area contributed by atoms with E-state index in [1.165, 1.54) is 18.3 Å². The van der Waals surface area contributed by atoms with Crippen LogP contribution in [0.25, 0.3) is 0 Å². The highest BCUT2D eigenvalue weighted by Crippen LogP contribution is 2.19. The molecule has 0 saturated carbocycles. The number of hydrogen-bond donors (Lipinski definition) is 3. The van der Waals surface area contributed by atoms with Crippen molar-refractivity contribution in [1.82, 2.24) is 10.2 Å². The number of hydrogen-bond acceptors (Lipinski definition) is 7. The van der Waals surface area contributed by atoms with Gasteiger partial charge in [-0.15, -0.1) is 11.3 Å². The molecule has 1 aromatic heterocycles. The topological polar surface area (TPSA) is 107 Å². The van der Waals surface area contributed by atoms with Gasteiger partial charge in [0.1, 0.15) is 0 Å². The minimum Gasteiger partial charge on any atom is -0.395 e. The van der Waals surface area contributed by atoms with E-state index in [1.807, 2.05) is 17.0 Å². The summed E-state index contributed by atoms with van der Waals surface area (Å²) in [5.74, 6) is -0.229. The van der Waals surface area contributed by atoms with Crippen molar-refractivity contribution in [2.45, 2.75) is 19.8 Å². The quantitative estimate of drug-likeness (QED) is 0.417. The number of ketones is 2. The van der Waals surface area contributed by atoms with Gasteiger partial charge in [0.05, 0.1) is 23.0 Å². The number of aliphatic hydroxyl groups excluding tert-OH is 2. The fourth-order valence-electron chi connectivity index (χ4n) is 2.93. The van der Waals surface area contributed by atoms with Gasteiger partial charge in [-0.25, -0.2) is 0 Å². The van der Waals surface area contributed by atoms with Crippen LogP contribution in [0, 0.1) is 0 Å². The van der Waals surface area contributed by atoms with Crippen molar-refractivity contribution in [3.63, 3.8) is 0 Å². The summed E-state index contributed by atoms with van der Waals surface area (Å²) < 4.78 is 0. The van der Waals surface area contributed by atoms with Crippen LogP contribution >= 0.6 is 11.3 Å². The van der Waals surface area contributed by atoms with Crippen LogP contribution in [0.4, 0.5) is 0 Å². The number of thiophene rings is 1. The summed E-state index contributed by atoms with van der Waals surface area (Å²) in [6.45, 7) is 3.35. The fraction of sp³-hybridized carbons (Fsp3) is 0.409. The third kappa shape index (κ3) is 7.46. The van der Waals surface area contributed by atoms with Crippen LogP contribution in [-0.2, 0) is 6.42 Å². The van der Waals surface area contributed by atoms with E-state index in [0.29, 0.717) is 54.3 Å². The average molecular weight is 433 g/mol. The minimum absolute atomic E-state index is 0.00227. The van der Waals surface area contributed by atoms with Crippen LogP contribution in [0.1, 0.15) is 48.6 Å². The second kappa shape index (κ2) is 12.3. The number of aliphatic hydroxyl groups is 2. The van der Waals surface area contributed by atoms with E-state index in [9.17, 15) is 14.4 Å². The molecule has 0 unspecified atom stereocenters. The molecule has 2 aromatic rings. The summed E-state index contributed by atoms with van der Waals surface area (Å²) in [5, 5.41) is 20.8. The molecule has 1 amide bonds. The Labute approximate surface area is 180 Å². The van der Waals surface area contributed by atoms with Crippen LogP contribution in [0.2, 0.25) is 0 Å². The van der Waals surface area contributed by atoms with Crippen LogP contribution in [0.15, 0.2) is 36.4 Å². The lowest BCUT2D eigenvalue weighted by Crippen LogP contribution is -2.37. The van der Waals surface area contributed by atoms with Crippen LogP contribution in [-0.4, -0.2) is 72.0 Å². The molecule has 0 atom stereocenters. The molecule has 1 heterocycles. The number of rotatable bonds is 13. The first kappa shape index (κ1) is 23.9. The zero-order valence-corrected chi connectivity index (χ0v) is 17.9. The van der Waals surface area contributed by atoms with Crippen molar-refractivity contribution < 1.29 is 24.6 Å². The standard InChI is InChI=1S/C22H28N2O5S/c1-16(27)20-8-9-21(30-20)19(28)7-4-17-2-5-18(6-3-17)22(29)23-10-11-24(12-14-25)13-15-26/h2-3,5-6,8-9,25-26H,4,7,10-15H2,1H3,(H,23,29). The zero-order chi connectivity index (χ0) is 21.9.